The smallest absolute Gasteiger partial charge is 0.309 e. The lowest BCUT2D eigenvalue weighted by atomic mass is 10.2. The highest BCUT2D eigenvalue weighted by Crippen LogP contribution is 2.47. The van der Waals surface area contributed by atoms with Gasteiger partial charge >= 0.3 is 5.97 Å². The van der Waals surface area contributed by atoms with Crippen molar-refractivity contribution in [1.29, 1.82) is 0 Å². The van der Waals surface area contributed by atoms with Crippen LogP contribution in [0.5, 0.6) is 0 Å². The van der Waals surface area contributed by atoms with Gasteiger partial charge in [-0.05, 0) is 25.5 Å². The van der Waals surface area contributed by atoms with E-state index in [1.165, 1.54) is 0 Å². The lowest BCUT2D eigenvalue weighted by Crippen LogP contribution is -2.07. The van der Waals surface area contributed by atoms with E-state index in [4.69, 9.17) is 16.3 Å². The van der Waals surface area contributed by atoms with Crippen molar-refractivity contribution in [2.45, 2.75) is 19.3 Å². The number of carbonyl (C=O) groups excluding carboxylic acids is 1. The predicted molar refractivity (Wildman–Crippen MR) is 56.7 cm³/mol. The zero-order valence-electron chi connectivity index (χ0n) is 8.44. The van der Waals surface area contributed by atoms with Crippen molar-refractivity contribution in [2.24, 2.45) is 5.92 Å². The van der Waals surface area contributed by atoms with E-state index >= 15 is 0 Å². The molecule has 1 aromatic rings. The zero-order chi connectivity index (χ0) is 10.8. The first-order chi connectivity index (χ1) is 7.22. The van der Waals surface area contributed by atoms with Gasteiger partial charge in [0.2, 0.25) is 0 Å². The maximum atomic E-state index is 11.4. The summed E-state index contributed by atoms with van der Waals surface area (Å²) in [6.07, 6.45) is 2.45. The van der Waals surface area contributed by atoms with Crippen LogP contribution >= 0.6 is 11.6 Å². The predicted octanol–water partition coefficient (Wildman–Crippen LogP) is 2.40. The fraction of sp³-hybridized carbons (Fsp3) is 0.455. The molecule has 1 aliphatic rings. The number of halogens is 1. The number of esters is 1. The first kappa shape index (κ1) is 10.4. The molecular weight excluding hydrogens is 214 g/mol. The Kier molecular flexibility index (Phi) is 2.91. The molecule has 0 unspecified atom stereocenters. The van der Waals surface area contributed by atoms with Crippen LogP contribution in [0.1, 0.15) is 25.0 Å². The van der Waals surface area contributed by atoms with Gasteiger partial charge < -0.3 is 4.74 Å². The fourth-order valence-electron chi connectivity index (χ4n) is 1.64. The maximum Gasteiger partial charge on any atom is 0.309 e. The van der Waals surface area contributed by atoms with Crippen LogP contribution < -0.4 is 0 Å². The van der Waals surface area contributed by atoms with Crippen LogP contribution in [0.3, 0.4) is 0 Å². The molecular formula is C11H12ClNO2. The van der Waals surface area contributed by atoms with Crippen molar-refractivity contribution in [3.63, 3.8) is 0 Å². The standard InChI is InChI=1S/C11H12ClNO2/c1-2-15-11(14)9-5-8(9)10-4-3-7(12)6-13-10/h3-4,6,8-9H,2,5H2,1H3/t8-,9+/m1/s1. The summed E-state index contributed by atoms with van der Waals surface area (Å²) in [6, 6.07) is 3.66. The summed E-state index contributed by atoms with van der Waals surface area (Å²) in [6.45, 7) is 2.26. The Morgan fingerprint density at radius 3 is 3.07 bits per heavy atom. The first-order valence-electron chi connectivity index (χ1n) is 5.00. The maximum absolute atomic E-state index is 11.4. The first-order valence-corrected chi connectivity index (χ1v) is 5.38. The second-order valence-corrected chi connectivity index (χ2v) is 4.04. The number of ether oxygens (including phenoxy) is 1. The van der Waals surface area contributed by atoms with Crippen LogP contribution in [0.4, 0.5) is 0 Å². The second kappa shape index (κ2) is 4.19. The Hall–Kier alpha value is -1.09. The van der Waals surface area contributed by atoms with Gasteiger partial charge in [0.05, 0.1) is 17.5 Å². The Morgan fingerprint density at radius 1 is 1.67 bits per heavy atom. The van der Waals surface area contributed by atoms with Gasteiger partial charge in [0, 0.05) is 17.8 Å². The number of hydrogen-bond acceptors (Lipinski definition) is 3. The van der Waals surface area contributed by atoms with E-state index < -0.39 is 0 Å². The monoisotopic (exact) mass is 225 g/mol. The molecule has 0 aromatic carbocycles. The van der Waals surface area contributed by atoms with Crippen molar-refractivity contribution < 1.29 is 9.53 Å². The molecule has 1 heterocycles. The molecule has 0 spiro atoms. The molecule has 1 aliphatic carbocycles. The molecule has 4 heteroatoms. The second-order valence-electron chi connectivity index (χ2n) is 3.60. The van der Waals surface area contributed by atoms with E-state index in [1.807, 2.05) is 13.0 Å². The molecule has 2 rings (SSSR count). The Balaban J connectivity index is 1.98. The highest BCUT2D eigenvalue weighted by Gasteiger charge is 2.45. The lowest BCUT2D eigenvalue weighted by Gasteiger charge is -2.00. The SMILES string of the molecule is CCOC(=O)[C@H]1C[C@H]1c1ccc(Cl)cn1. The molecule has 0 radical (unpaired) electrons. The van der Waals surface area contributed by atoms with Crippen LogP contribution in [0.25, 0.3) is 0 Å². The third-order valence-corrected chi connectivity index (χ3v) is 2.73. The minimum atomic E-state index is -0.112. The summed E-state index contributed by atoms with van der Waals surface area (Å²) in [5.41, 5.74) is 0.928. The number of nitrogens with zero attached hydrogens (tertiary/aromatic N) is 1. The van der Waals surface area contributed by atoms with Gasteiger partial charge in [0.15, 0.2) is 0 Å². The van der Waals surface area contributed by atoms with Crippen molar-refractivity contribution in [1.82, 2.24) is 4.98 Å². The van der Waals surface area contributed by atoms with Crippen molar-refractivity contribution in [3.8, 4) is 0 Å². The zero-order valence-corrected chi connectivity index (χ0v) is 9.20. The van der Waals surface area contributed by atoms with Crippen LogP contribution in [0.2, 0.25) is 5.02 Å². The van der Waals surface area contributed by atoms with Crippen molar-refractivity contribution >= 4 is 17.6 Å². The molecule has 80 valence electrons. The van der Waals surface area contributed by atoms with Gasteiger partial charge in [-0.25, -0.2) is 0 Å². The minimum Gasteiger partial charge on any atom is -0.466 e. The van der Waals surface area contributed by atoms with Gasteiger partial charge in [0.1, 0.15) is 0 Å². The normalized spacial score (nSPS) is 23.6. The Labute approximate surface area is 93.4 Å². The average molecular weight is 226 g/mol. The van der Waals surface area contributed by atoms with Crippen LogP contribution in [0, 0.1) is 5.92 Å². The summed E-state index contributed by atoms with van der Waals surface area (Å²) < 4.78 is 4.95. The Morgan fingerprint density at radius 2 is 2.47 bits per heavy atom. The summed E-state index contributed by atoms with van der Waals surface area (Å²) in [5.74, 6) is 0.110. The molecule has 0 bridgehead atoms. The van der Waals surface area contributed by atoms with Crippen molar-refractivity contribution in [3.05, 3.63) is 29.0 Å². The van der Waals surface area contributed by atoms with Crippen molar-refractivity contribution in [2.75, 3.05) is 6.61 Å². The summed E-state index contributed by atoms with van der Waals surface area (Å²) >= 11 is 5.73. The summed E-state index contributed by atoms with van der Waals surface area (Å²) in [7, 11) is 0. The molecule has 1 aromatic heterocycles. The van der Waals surface area contributed by atoms with Gasteiger partial charge in [-0.1, -0.05) is 11.6 Å². The molecule has 0 saturated heterocycles. The molecule has 0 aliphatic heterocycles. The third kappa shape index (κ3) is 2.29. The van der Waals surface area contributed by atoms with E-state index in [1.54, 1.807) is 12.3 Å². The summed E-state index contributed by atoms with van der Waals surface area (Å²) in [5, 5.41) is 0.618. The highest BCUT2D eigenvalue weighted by molar-refractivity contribution is 6.30. The van der Waals surface area contributed by atoms with Gasteiger partial charge in [-0.2, -0.15) is 0 Å². The fourth-order valence-corrected chi connectivity index (χ4v) is 1.75. The molecule has 0 amide bonds. The molecule has 2 atom stereocenters. The summed E-state index contributed by atoms with van der Waals surface area (Å²) in [4.78, 5) is 15.6. The van der Waals surface area contributed by atoms with E-state index in [0.717, 1.165) is 12.1 Å². The molecule has 15 heavy (non-hydrogen) atoms. The van der Waals surface area contributed by atoms with E-state index in [-0.39, 0.29) is 17.8 Å². The van der Waals surface area contributed by atoms with Crippen LogP contribution in [-0.2, 0) is 9.53 Å². The quantitative estimate of drug-likeness (QED) is 0.742. The number of hydrogen-bond donors (Lipinski definition) is 0. The average Bonchev–Trinajstić information content (AvgIpc) is 2.99. The van der Waals surface area contributed by atoms with E-state index in [2.05, 4.69) is 4.98 Å². The minimum absolute atomic E-state index is 0.00127. The van der Waals surface area contributed by atoms with Gasteiger partial charge in [-0.15, -0.1) is 0 Å². The van der Waals surface area contributed by atoms with E-state index in [0.29, 0.717) is 11.6 Å². The number of rotatable bonds is 3. The largest absolute Gasteiger partial charge is 0.466 e. The van der Waals surface area contributed by atoms with Gasteiger partial charge in [0.25, 0.3) is 0 Å². The molecule has 3 nitrogen and oxygen atoms in total. The number of aromatic nitrogens is 1. The lowest BCUT2D eigenvalue weighted by molar-refractivity contribution is -0.144. The number of pyridine rings is 1. The van der Waals surface area contributed by atoms with Gasteiger partial charge in [-0.3, -0.25) is 9.78 Å². The third-order valence-electron chi connectivity index (χ3n) is 2.51. The topological polar surface area (TPSA) is 39.2 Å². The molecule has 1 fully saturated rings. The highest BCUT2D eigenvalue weighted by atomic mass is 35.5. The van der Waals surface area contributed by atoms with Crippen LogP contribution in [0.15, 0.2) is 18.3 Å². The molecule has 0 N–H and O–H groups in total. The van der Waals surface area contributed by atoms with E-state index in [9.17, 15) is 4.79 Å². The Bertz CT molecular complexity index is 363. The van der Waals surface area contributed by atoms with Crippen LogP contribution in [-0.4, -0.2) is 17.6 Å². The number of carbonyl (C=O) groups is 1. The molecule has 1 saturated carbocycles.